The molecule has 0 bridgehead atoms. The summed E-state index contributed by atoms with van der Waals surface area (Å²) < 4.78 is 19.1. The highest BCUT2D eigenvalue weighted by molar-refractivity contribution is 5.97. The Hall–Kier alpha value is -1.22. The summed E-state index contributed by atoms with van der Waals surface area (Å²) in [5.74, 6) is 1.20. The van der Waals surface area contributed by atoms with Crippen LogP contribution in [0.3, 0.4) is 0 Å². The molecule has 0 N–H and O–H groups in total. The molecule has 1 saturated carbocycles. The van der Waals surface area contributed by atoms with Gasteiger partial charge in [0.25, 0.3) is 0 Å². The molecule has 0 spiro atoms. The second-order valence-corrected chi connectivity index (χ2v) is 6.61. The molecule has 1 aliphatic carbocycles. The summed E-state index contributed by atoms with van der Waals surface area (Å²) in [6.45, 7) is 6.71. The number of Topliss-reactive ketones (excluding diaryl/α,β-unsaturated/α-hetero) is 1. The summed E-state index contributed by atoms with van der Waals surface area (Å²) in [7, 11) is 0. The summed E-state index contributed by atoms with van der Waals surface area (Å²) in [5.41, 5.74) is 0.389. The molecule has 0 aromatic heterocycles. The molecule has 1 aromatic rings. The third kappa shape index (κ3) is 4.37. The highest BCUT2D eigenvalue weighted by Crippen LogP contribution is 2.35. The van der Waals surface area contributed by atoms with E-state index in [2.05, 4.69) is 20.8 Å². The molecule has 1 fully saturated rings. The van der Waals surface area contributed by atoms with E-state index in [1.165, 1.54) is 18.6 Å². The Balaban J connectivity index is 1.95. The number of ketones is 1. The normalized spacial score (nSPS) is 26.0. The number of benzene rings is 1. The molecule has 0 heterocycles. The van der Waals surface area contributed by atoms with E-state index >= 15 is 0 Å². The molecule has 3 atom stereocenters. The molecule has 2 rings (SSSR count). The first-order chi connectivity index (χ1) is 9.97. The molecule has 116 valence electrons. The van der Waals surface area contributed by atoms with Crippen LogP contribution in [0.25, 0.3) is 0 Å². The van der Waals surface area contributed by atoms with Gasteiger partial charge in [-0.15, -0.1) is 0 Å². The van der Waals surface area contributed by atoms with Gasteiger partial charge in [0.15, 0.2) is 5.78 Å². The smallest absolute Gasteiger partial charge is 0.188 e. The van der Waals surface area contributed by atoms with Crippen LogP contribution in [-0.4, -0.2) is 18.5 Å². The first-order valence-corrected chi connectivity index (χ1v) is 7.87. The predicted octanol–water partition coefficient (Wildman–Crippen LogP) is 4.49. The monoisotopic (exact) mass is 292 g/mol. The fourth-order valence-corrected chi connectivity index (χ4v) is 3.23. The third-order valence-corrected chi connectivity index (χ3v) is 4.54. The van der Waals surface area contributed by atoms with Crippen molar-refractivity contribution in [3.63, 3.8) is 0 Å². The average Bonchev–Trinajstić information content (AvgIpc) is 2.44. The highest BCUT2D eigenvalue weighted by atomic mass is 19.1. The Morgan fingerprint density at radius 3 is 2.81 bits per heavy atom. The third-order valence-electron chi connectivity index (χ3n) is 4.54. The Bertz CT molecular complexity index is 484. The van der Waals surface area contributed by atoms with Crippen LogP contribution in [0.15, 0.2) is 24.3 Å². The summed E-state index contributed by atoms with van der Waals surface area (Å²) in [4.78, 5) is 12.1. The number of halogens is 1. The average molecular weight is 292 g/mol. The lowest BCUT2D eigenvalue weighted by Gasteiger charge is -2.37. The van der Waals surface area contributed by atoms with Gasteiger partial charge in [-0.05, 0) is 42.7 Å². The van der Waals surface area contributed by atoms with Gasteiger partial charge in [0, 0.05) is 5.56 Å². The van der Waals surface area contributed by atoms with E-state index in [9.17, 15) is 9.18 Å². The number of ether oxygens (including phenoxy) is 1. The summed E-state index contributed by atoms with van der Waals surface area (Å²) in [6.07, 6.45) is 3.56. The molecule has 2 nitrogen and oxygen atoms in total. The molecule has 0 saturated heterocycles. The second kappa shape index (κ2) is 7.17. The van der Waals surface area contributed by atoms with Gasteiger partial charge in [-0.1, -0.05) is 39.3 Å². The predicted molar refractivity (Wildman–Crippen MR) is 81.8 cm³/mol. The van der Waals surface area contributed by atoms with Gasteiger partial charge in [0.2, 0.25) is 0 Å². The van der Waals surface area contributed by atoms with E-state index in [0.717, 1.165) is 12.8 Å². The SMILES string of the molecule is CC1CCC(C(C)C)C(OCC(=O)c2cccc(F)c2)C1. The summed E-state index contributed by atoms with van der Waals surface area (Å²) in [6, 6.07) is 5.81. The Kier molecular flexibility index (Phi) is 5.51. The van der Waals surface area contributed by atoms with Crippen molar-refractivity contribution in [2.75, 3.05) is 6.61 Å². The maximum Gasteiger partial charge on any atom is 0.188 e. The van der Waals surface area contributed by atoms with Crippen LogP contribution in [0.5, 0.6) is 0 Å². The van der Waals surface area contributed by atoms with Crippen molar-refractivity contribution in [2.45, 2.75) is 46.1 Å². The molecule has 3 heteroatoms. The van der Waals surface area contributed by atoms with Crippen LogP contribution in [0.1, 0.15) is 50.4 Å². The van der Waals surface area contributed by atoms with Crippen molar-refractivity contribution < 1.29 is 13.9 Å². The van der Waals surface area contributed by atoms with Crippen molar-refractivity contribution in [2.24, 2.45) is 17.8 Å². The largest absolute Gasteiger partial charge is 0.370 e. The van der Waals surface area contributed by atoms with Crippen LogP contribution in [0.4, 0.5) is 4.39 Å². The lowest BCUT2D eigenvalue weighted by molar-refractivity contribution is -0.0309. The minimum absolute atomic E-state index is 0.0457. The van der Waals surface area contributed by atoms with Crippen molar-refractivity contribution in [3.05, 3.63) is 35.6 Å². The van der Waals surface area contributed by atoms with Gasteiger partial charge in [-0.3, -0.25) is 4.79 Å². The molecule has 0 radical (unpaired) electrons. The Morgan fingerprint density at radius 2 is 2.14 bits per heavy atom. The van der Waals surface area contributed by atoms with E-state index in [1.807, 2.05) is 0 Å². The van der Waals surface area contributed by atoms with Crippen LogP contribution < -0.4 is 0 Å². The van der Waals surface area contributed by atoms with Crippen molar-refractivity contribution in [1.29, 1.82) is 0 Å². The van der Waals surface area contributed by atoms with E-state index in [-0.39, 0.29) is 24.3 Å². The van der Waals surface area contributed by atoms with Crippen LogP contribution in [0, 0.1) is 23.6 Å². The lowest BCUT2D eigenvalue weighted by atomic mass is 9.75. The maximum atomic E-state index is 13.1. The number of carbonyl (C=O) groups excluding carboxylic acids is 1. The molecule has 3 unspecified atom stereocenters. The van der Waals surface area contributed by atoms with Crippen LogP contribution in [-0.2, 0) is 4.74 Å². The minimum Gasteiger partial charge on any atom is -0.370 e. The number of carbonyl (C=O) groups is 1. The first-order valence-electron chi connectivity index (χ1n) is 7.87. The number of hydrogen-bond donors (Lipinski definition) is 0. The van der Waals surface area contributed by atoms with E-state index < -0.39 is 0 Å². The molecular weight excluding hydrogens is 267 g/mol. The first kappa shape index (κ1) is 16.2. The second-order valence-electron chi connectivity index (χ2n) is 6.61. The number of rotatable bonds is 5. The standard InChI is InChI=1S/C18H25FO2/c1-12(2)16-8-7-13(3)9-18(16)21-11-17(20)14-5-4-6-15(19)10-14/h4-6,10,12-13,16,18H,7-9,11H2,1-3H3. The Morgan fingerprint density at radius 1 is 1.38 bits per heavy atom. The van der Waals surface area contributed by atoms with Crippen LogP contribution in [0.2, 0.25) is 0 Å². The Labute approximate surface area is 126 Å². The molecule has 1 aromatic carbocycles. The van der Waals surface area contributed by atoms with Crippen molar-refractivity contribution in [3.8, 4) is 0 Å². The summed E-state index contributed by atoms with van der Waals surface area (Å²) >= 11 is 0. The maximum absolute atomic E-state index is 13.1. The zero-order valence-corrected chi connectivity index (χ0v) is 13.1. The van der Waals surface area contributed by atoms with Crippen LogP contribution >= 0.6 is 0 Å². The molecule has 21 heavy (non-hydrogen) atoms. The summed E-state index contributed by atoms with van der Waals surface area (Å²) in [5, 5.41) is 0. The highest BCUT2D eigenvalue weighted by Gasteiger charge is 2.31. The van der Waals surface area contributed by atoms with E-state index in [1.54, 1.807) is 12.1 Å². The minimum atomic E-state index is -0.382. The van der Waals surface area contributed by atoms with Gasteiger partial charge in [-0.25, -0.2) is 4.39 Å². The van der Waals surface area contributed by atoms with Gasteiger partial charge < -0.3 is 4.74 Å². The quantitative estimate of drug-likeness (QED) is 0.748. The van der Waals surface area contributed by atoms with Gasteiger partial charge in [0.1, 0.15) is 12.4 Å². The van der Waals surface area contributed by atoms with Gasteiger partial charge in [0.05, 0.1) is 6.10 Å². The zero-order chi connectivity index (χ0) is 15.4. The zero-order valence-electron chi connectivity index (χ0n) is 13.1. The molecule has 0 amide bonds. The number of hydrogen-bond acceptors (Lipinski definition) is 2. The molecule has 1 aliphatic rings. The van der Waals surface area contributed by atoms with Crippen molar-refractivity contribution >= 4 is 5.78 Å². The van der Waals surface area contributed by atoms with Gasteiger partial charge in [-0.2, -0.15) is 0 Å². The molecule has 0 aliphatic heterocycles. The van der Waals surface area contributed by atoms with Gasteiger partial charge >= 0.3 is 0 Å². The van der Waals surface area contributed by atoms with E-state index in [0.29, 0.717) is 23.3 Å². The van der Waals surface area contributed by atoms with Crippen molar-refractivity contribution in [1.82, 2.24) is 0 Å². The fourth-order valence-electron chi connectivity index (χ4n) is 3.23. The topological polar surface area (TPSA) is 26.3 Å². The lowest BCUT2D eigenvalue weighted by Crippen LogP contribution is -2.35. The fraction of sp³-hybridized carbons (Fsp3) is 0.611. The van der Waals surface area contributed by atoms with E-state index in [4.69, 9.17) is 4.74 Å². The molecular formula is C18H25FO2.